The average molecular weight is 227 g/mol. The van der Waals surface area contributed by atoms with Crippen LogP contribution in [0.5, 0.6) is 5.75 Å². The highest BCUT2D eigenvalue weighted by atomic mass is 16.3. The molecule has 0 radical (unpaired) electrons. The molecule has 2 aromatic rings. The van der Waals surface area contributed by atoms with Crippen molar-refractivity contribution in [3.05, 3.63) is 65.7 Å². The van der Waals surface area contributed by atoms with Crippen molar-refractivity contribution < 1.29 is 5.11 Å². The zero-order valence-electron chi connectivity index (χ0n) is 9.93. The molecular formula is C15H17NO. The quantitative estimate of drug-likeness (QED) is 0.840. The first-order chi connectivity index (χ1) is 8.25. The van der Waals surface area contributed by atoms with Crippen LogP contribution in [-0.2, 0) is 6.54 Å². The molecule has 2 N–H and O–H groups in total. The Morgan fingerprint density at radius 1 is 1.06 bits per heavy atom. The molecule has 0 spiro atoms. The first kappa shape index (κ1) is 11.7. The first-order valence-electron chi connectivity index (χ1n) is 5.82. The molecule has 0 aromatic heterocycles. The normalized spacial score (nSPS) is 12.3. The third-order valence-electron chi connectivity index (χ3n) is 2.82. The molecule has 0 aliphatic heterocycles. The Morgan fingerprint density at radius 2 is 1.82 bits per heavy atom. The van der Waals surface area contributed by atoms with E-state index >= 15 is 0 Å². The van der Waals surface area contributed by atoms with E-state index < -0.39 is 0 Å². The number of aromatic hydroxyl groups is 1. The van der Waals surface area contributed by atoms with Crippen LogP contribution in [0.15, 0.2) is 54.6 Å². The van der Waals surface area contributed by atoms with Gasteiger partial charge in [-0.3, -0.25) is 0 Å². The van der Waals surface area contributed by atoms with Gasteiger partial charge in [-0.25, -0.2) is 0 Å². The van der Waals surface area contributed by atoms with E-state index in [1.54, 1.807) is 12.1 Å². The van der Waals surface area contributed by atoms with Gasteiger partial charge >= 0.3 is 0 Å². The average Bonchev–Trinajstić information content (AvgIpc) is 2.37. The molecule has 2 nitrogen and oxygen atoms in total. The summed E-state index contributed by atoms with van der Waals surface area (Å²) < 4.78 is 0. The Balaban J connectivity index is 1.95. The molecule has 0 aliphatic rings. The van der Waals surface area contributed by atoms with Crippen LogP contribution in [0.3, 0.4) is 0 Å². The smallest absolute Gasteiger partial charge is 0.115 e. The summed E-state index contributed by atoms with van der Waals surface area (Å²) in [7, 11) is 0. The van der Waals surface area contributed by atoms with E-state index in [-0.39, 0.29) is 0 Å². The summed E-state index contributed by atoms with van der Waals surface area (Å²) in [5, 5.41) is 12.8. The first-order valence-corrected chi connectivity index (χ1v) is 5.82. The van der Waals surface area contributed by atoms with Crippen molar-refractivity contribution in [3.63, 3.8) is 0 Å². The molecule has 0 fully saturated rings. The second-order valence-electron chi connectivity index (χ2n) is 4.18. The summed E-state index contributed by atoms with van der Waals surface area (Å²) in [4.78, 5) is 0. The number of benzene rings is 2. The molecule has 0 saturated heterocycles. The molecule has 17 heavy (non-hydrogen) atoms. The van der Waals surface area contributed by atoms with Crippen molar-refractivity contribution in [1.82, 2.24) is 5.32 Å². The predicted molar refractivity (Wildman–Crippen MR) is 69.8 cm³/mol. The summed E-state index contributed by atoms with van der Waals surface area (Å²) in [5.41, 5.74) is 2.36. The molecule has 0 amide bonds. The van der Waals surface area contributed by atoms with Crippen molar-refractivity contribution in [1.29, 1.82) is 0 Å². The second-order valence-corrected chi connectivity index (χ2v) is 4.18. The van der Waals surface area contributed by atoms with Crippen LogP contribution >= 0.6 is 0 Å². The van der Waals surface area contributed by atoms with Crippen LogP contribution in [0, 0.1) is 0 Å². The van der Waals surface area contributed by atoms with Crippen LogP contribution in [0.1, 0.15) is 24.1 Å². The monoisotopic (exact) mass is 227 g/mol. The van der Waals surface area contributed by atoms with Gasteiger partial charge in [-0.15, -0.1) is 0 Å². The van der Waals surface area contributed by atoms with E-state index in [0.717, 1.165) is 12.1 Å². The van der Waals surface area contributed by atoms with Crippen LogP contribution in [0.2, 0.25) is 0 Å². The van der Waals surface area contributed by atoms with Gasteiger partial charge in [-0.1, -0.05) is 42.5 Å². The van der Waals surface area contributed by atoms with E-state index in [1.165, 1.54) is 5.56 Å². The maximum Gasteiger partial charge on any atom is 0.115 e. The highest BCUT2D eigenvalue weighted by molar-refractivity contribution is 5.27. The van der Waals surface area contributed by atoms with E-state index in [9.17, 15) is 5.11 Å². The lowest BCUT2D eigenvalue weighted by molar-refractivity contribution is 0.473. The van der Waals surface area contributed by atoms with Gasteiger partial charge in [0.1, 0.15) is 5.75 Å². The molecule has 2 rings (SSSR count). The number of phenols is 1. The summed E-state index contributed by atoms with van der Waals surface area (Å²) in [6.45, 7) is 2.89. The van der Waals surface area contributed by atoms with Gasteiger partial charge < -0.3 is 10.4 Å². The molecule has 0 bridgehead atoms. The summed E-state index contributed by atoms with van der Waals surface area (Å²) in [6, 6.07) is 18.0. The van der Waals surface area contributed by atoms with Crippen LogP contribution in [0.25, 0.3) is 0 Å². The molecule has 2 heteroatoms. The highest BCUT2D eigenvalue weighted by Gasteiger charge is 2.03. The zero-order chi connectivity index (χ0) is 12.1. The maximum atomic E-state index is 9.37. The van der Waals surface area contributed by atoms with E-state index in [1.807, 2.05) is 30.3 Å². The fourth-order valence-corrected chi connectivity index (χ4v) is 1.80. The maximum absolute atomic E-state index is 9.37. The number of nitrogens with one attached hydrogen (secondary N) is 1. The Morgan fingerprint density at radius 3 is 2.53 bits per heavy atom. The summed E-state index contributed by atoms with van der Waals surface area (Å²) >= 11 is 0. The number of phenolic OH excluding ortho intramolecular Hbond substituents is 1. The van der Waals surface area contributed by atoms with Crippen molar-refractivity contribution in [3.8, 4) is 5.75 Å². The zero-order valence-corrected chi connectivity index (χ0v) is 9.93. The van der Waals surface area contributed by atoms with Gasteiger partial charge in [0.2, 0.25) is 0 Å². The number of rotatable bonds is 4. The molecule has 2 aromatic carbocycles. The van der Waals surface area contributed by atoms with Crippen molar-refractivity contribution in [2.75, 3.05) is 0 Å². The predicted octanol–water partition coefficient (Wildman–Crippen LogP) is 3.24. The lowest BCUT2D eigenvalue weighted by atomic mass is 10.1. The van der Waals surface area contributed by atoms with Crippen LogP contribution in [-0.4, -0.2) is 5.11 Å². The van der Waals surface area contributed by atoms with Crippen molar-refractivity contribution in [2.45, 2.75) is 19.5 Å². The highest BCUT2D eigenvalue weighted by Crippen LogP contribution is 2.14. The van der Waals surface area contributed by atoms with Crippen LogP contribution in [0.4, 0.5) is 0 Å². The standard InChI is InChI=1S/C15H17NO/c1-12(14-7-3-2-4-8-14)16-11-13-6-5-9-15(17)10-13/h2-10,12,16-17H,11H2,1H3/t12-/m1/s1. The Labute approximate surface area is 102 Å². The van der Waals surface area contributed by atoms with E-state index in [2.05, 4.69) is 24.4 Å². The molecule has 0 unspecified atom stereocenters. The van der Waals surface area contributed by atoms with E-state index in [0.29, 0.717) is 11.8 Å². The minimum atomic E-state index is 0.304. The Hall–Kier alpha value is -1.80. The van der Waals surface area contributed by atoms with Gasteiger partial charge in [0.15, 0.2) is 0 Å². The molecule has 88 valence electrons. The van der Waals surface area contributed by atoms with Crippen molar-refractivity contribution in [2.24, 2.45) is 0 Å². The van der Waals surface area contributed by atoms with Gasteiger partial charge in [0.25, 0.3) is 0 Å². The van der Waals surface area contributed by atoms with E-state index in [4.69, 9.17) is 0 Å². The SMILES string of the molecule is C[C@@H](NCc1cccc(O)c1)c1ccccc1. The molecule has 1 atom stereocenters. The minimum absolute atomic E-state index is 0.304. The van der Waals surface area contributed by atoms with Gasteiger partial charge in [0.05, 0.1) is 0 Å². The molecule has 0 saturated carbocycles. The molecular weight excluding hydrogens is 210 g/mol. The molecule has 0 aliphatic carbocycles. The Bertz CT molecular complexity index is 467. The lowest BCUT2D eigenvalue weighted by Gasteiger charge is -2.14. The lowest BCUT2D eigenvalue weighted by Crippen LogP contribution is -2.17. The van der Waals surface area contributed by atoms with Crippen molar-refractivity contribution >= 4 is 0 Å². The minimum Gasteiger partial charge on any atom is -0.508 e. The Kier molecular flexibility index (Phi) is 3.78. The second kappa shape index (κ2) is 5.51. The van der Waals surface area contributed by atoms with Gasteiger partial charge in [0, 0.05) is 12.6 Å². The van der Waals surface area contributed by atoms with Crippen LogP contribution < -0.4 is 5.32 Å². The number of hydrogen-bond donors (Lipinski definition) is 2. The summed E-state index contributed by atoms with van der Waals surface area (Å²) in [6.07, 6.45) is 0. The van der Waals surface area contributed by atoms with Gasteiger partial charge in [-0.05, 0) is 30.2 Å². The summed E-state index contributed by atoms with van der Waals surface area (Å²) in [5.74, 6) is 0.316. The topological polar surface area (TPSA) is 32.3 Å². The largest absolute Gasteiger partial charge is 0.508 e. The molecule has 0 heterocycles. The number of hydrogen-bond acceptors (Lipinski definition) is 2. The fraction of sp³-hybridized carbons (Fsp3) is 0.200. The third-order valence-corrected chi connectivity index (χ3v) is 2.82. The fourth-order valence-electron chi connectivity index (χ4n) is 1.80. The van der Waals surface area contributed by atoms with Gasteiger partial charge in [-0.2, -0.15) is 0 Å². The third kappa shape index (κ3) is 3.33.